The van der Waals surface area contributed by atoms with Crippen LogP contribution in [0, 0.1) is 6.92 Å². The number of nitrogens with zero attached hydrogens (tertiary/aromatic N) is 1. The summed E-state index contributed by atoms with van der Waals surface area (Å²) in [6, 6.07) is 7.03. The number of allylic oxidation sites excluding steroid dienone is 3. The third kappa shape index (κ3) is 3.63. The van der Waals surface area contributed by atoms with Crippen molar-refractivity contribution in [2.75, 3.05) is 0 Å². The first-order valence-corrected chi connectivity index (χ1v) is 8.86. The Morgan fingerprint density at radius 2 is 1.86 bits per heavy atom. The van der Waals surface area contributed by atoms with Crippen LogP contribution >= 0.6 is 0 Å². The molecular formula is C17H23NO2S. The minimum Gasteiger partial charge on any atom is -0.207 e. The zero-order valence-corrected chi connectivity index (χ0v) is 13.7. The molecule has 3 atom stereocenters. The van der Waals surface area contributed by atoms with Gasteiger partial charge in [0.2, 0.25) is 10.0 Å². The van der Waals surface area contributed by atoms with Crippen molar-refractivity contribution in [1.82, 2.24) is 4.31 Å². The van der Waals surface area contributed by atoms with Gasteiger partial charge in [-0.2, -0.15) is 4.31 Å². The van der Waals surface area contributed by atoms with Gasteiger partial charge in [-0.05, 0) is 32.4 Å². The van der Waals surface area contributed by atoms with E-state index < -0.39 is 10.0 Å². The lowest BCUT2D eigenvalue weighted by atomic mass is 10.2. The smallest absolute Gasteiger partial charge is 0.207 e. The van der Waals surface area contributed by atoms with Crippen molar-refractivity contribution in [1.29, 1.82) is 0 Å². The van der Waals surface area contributed by atoms with Gasteiger partial charge in [0.1, 0.15) is 0 Å². The van der Waals surface area contributed by atoms with Gasteiger partial charge in [-0.3, -0.25) is 0 Å². The molecule has 1 aromatic carbocycles. The molecule has 3 nitrogen and oxygen atoms in total. The molecule has 0 N–H and O–H groups in total. The third-order valence-corrected chi connectivity index (χ3v) is 5.71. The maximum atomic E-state index is 12.5. The average molecular weight is 305 g/mol. The summed E-state index contributed by atoms with van der Waals surface area (Å²) in [6.07, 6.45) is 10.2. The number of hydrogen-bond donors (Lipinski definition) is 0. The normalized spacial score (nSPS) is 25.8. The van der Waals surface area contributed by atoms with Crippen molar-refractivity contribution in [3.63, 3.8) is 0 Å². The van der Waals surface area contributed by atoms with Crippen LogP contribution in [-0.4, -0.2) is 24.8 Å². The second kappa shape index (κ2) is 6.58. The van der Waals surface area contributed by atoms with E-state index in [0.29, 0.717) is 4.90 Å². The Morgan fingerprint density at radius 1 is 1.19 bits per heavy atom. The largest absolute Gasteiger partial charge is 0.243 e. The molecule has 1 fully saturated rings. The lowest BCUT2D eigenvalue weighted by molar-refractivity contribution is 0.552. The van der Waals surface area contributed by atoms with Crippen molar-refractivity contribution < 1.29 is 8.42 Å². The number of benzene rings is 1. The van der Waals surface area contributed by atoms with E-state index in [0.717, 1.165) is 18.4 Å². The molecule has 1 aliphatic rings. The van der Waals surface area contributed by atoms with Gasteiger partial charge in [0.25, 0.3) is 0 Å². The van der Waals surface area contributed by atoms with Gasteiger partial charge in [-0.15, -0.1) is 0 Å². The molecule has 0 aliphatic carbocycles. The molecule has 1 heterocycles. The zero-order valence-electron chi connectivity index (χ0n) is 12.9. The standard InChI is InChI=1S/C17H23NO2S/c1-4-5-6-7-8-9-17-15(3)18(17)21(19,20)16-12-10-14(2)11-13-16/h6-13,15,17H,4-5H2,1-3H3/b7-6+,9-8+/t15-,17+,18?/m0/s1. The van der Waals surface area contributed by atoms with Crippen LogP contribution in [0.3, 0.4) is 0 Å². The molecule has 1 aromatic rings. The molecule has 0 saturated carbocycles. The first-order valence-electron chi connectivity index (χ1n) is 7.42. The number of rotatable bonds is 6. The van der Waals surface area contributed by atoms with Gasteiger partial charge in [0.15, 0.2) is 0 Å². The molecule has 114 valence electrons. The molecule has 0 aromatic heterocycles. The summed E-state index contributed by atoms with van der Waals surface area (Å²) in [6.45, 7) is 6.02. The SMILES string of the molecule is CCC/C=C/C=C/[C@@H]1[C@H](C)N1S(=O)(=O)c1ccc(C)cc1. The minimum absolute atomic E-state index is 0.0254. The highest BCUT2D eigenvalue weighted by Crippen LogP contribution is 2.36. The van der Waals surface area contributed by atoms with Crippen LogP contribution in [0.4, 0.5) is 0 Å². The third-order valence-electron chi connectivity index (χ3n) is 3.71. The van der Waals surface area contributed by atoms with Crippen LogP contribution in [0.1, 0.15) is 32.3 Å². The van der Waals surface area contributed by atoms with Gasteiger partial charge in [0, 0.05) is 6.04 Å². The molecule has 0 bridgehead atoms. The van der Waals surface area contributed by atoms with Crippen LogP contribution in [0.25, 0.3) is 0 Å². The number of unbranched alkanes of at least 4 members (excludes halogenated alkanes) is 1. The van der Waals surface area contributed by atoms with Crippen molar-refractivity contribution in [3.8, 4) is 0 Å². The Balaban J connectivity index is 2.07. The van der Waals surface area contributed by atoms with E-state index in [9.17, 15) is 8.42 Å². The summed E-state index contributed by atoms with van der Waals surface area (Å²) >= 11 is 0. The summed E-state index contributed by atoms with van der Waals surface area (Å²) in [5, 5.41) is 0. The van der Waals surface area contributed by atoms with Crippen LogP contribution < -0.4 is 0 Å². The first-order chi connectivity index (χ1) is 9.98. The van der Waals surface area contributed by atoms with Crippen LogP contribution in [0.5, 0.6) is 0 Å². The average Bonchev–Trinajstić information content (AvgIpc) is 3.10. The van der Waals surface area contributed by atoms with E-state index in [4.69, 9.17) is 0 Å². The predicted octanol–water partition coefficient (Wildman–Crippen LogP) is 3.67. The number of aryl methyl sites for hydroxylation is 1. The Bertz CT molecular complexity index is 629. The summed E-state index contributed by atoms with van der Waals surface area (Å²) in [5.41, 5.74) is 1.06. The summed E-state index contributed by atoms with van der Waals surface area (Å²) in [4.78, 5) is 0.373. The quantitative estimate of drug-likeness (QED) is 0.594. The maximum Gasteiger partial charge on any atom is 0.243 e. The maximum absolute atomic E-state index is 12.5. The molecule has 1 saturated heterocycles. The Morgan fingerprint density at radius 3 is 2.48 bits per heavy atom. The van der Waals surface area contributed by atoms with Crippen molar-refractivity contribution in [3.05, 3.63) is 54.1 Å². The second-order valence-corrected chi connectivity index (χ2v) is 7.32. The van der Waals surface area contributed by atoms with Crippen molar-refractivity contribution >= 4 is 10.0 Å². The van der Waals surface area contributed by atoms with Crippen molar-refractivity contribution in [2.45, 2.75) is 50.6 Å². The van der Waals surface area contributed by atoms with Crippen LogP contribution in [-0.2, 0) is 10.0 Å². The predicted molar refractivity (Wildman–Crippen MR) is 86.6 cm³/mol. The van der Waals surface area contributed by atoms with E-state index in [1.807, 2.05) is 44.2 Å². The first kappa shape index (κ1) is 16.0. The van der Waals surface area contributed by atoms with E-state index >= 15 is 0 Å². The van der Waals surface area contributed by atoms with E-state index in [2.05, 4.69) is 13.0 Å². The number of hydrogen-bond acceptors (Lipinski definition) is 2. The van der Waals surface area contributed by atoms with Gasteiger partial charge < -0.3 is 0 Å². The zero-order chi connectivity index (χ0) is 15.5. The Kier molecular flexibility index (Phi) is 5.01. The Labute approximate surface area is 128 Å². The van der Waals surface area contributed by atoms with Crippen LogP contribution in [0.2, 0.25) is 0 Å². The molecule has 1 unspecified atom stereocenters. The molecule has 0 radical (unpaired) electrons. The minimum atomic E-state index is -3.37. The van der Waals surface area contributed by atoms with E-state index in [1.54, 1.807) is 16.4 Å². The van der Waals surface area contributed by atoms with Crippen molar-refractivity contribution in [2.24, 2.45) is 0 Å². The lowest BCUT2D eigenvalue weighted by Crippen LogP contribution is -2.15. The summed E-state index contributed by atoms with van der Waals surface area (Å²) in [7, 11) is -3.37. The highest BCUT2D eigenvalue weighted by Gasteiger charge is 2.50. The fraction of sp³-hybridized carbons (Fsp3) is 0.412. The lowest BCUT2D eigenvalue weighted by Gasteiger charge is -2.05. The van der Waals surface area contributed by atoms with Gasteiger partial charge in [0.05, 0.1) is 10.9 Å². The van der Waals surface area contributed by atoms with Gasteiger partial charge in [-0.25, -0.2) is 8.42 Å². The summed E-state index contributed by atoms with van der Waals surface area (Å²) in [5.74, 6) is 0. The fourth-order valence-electron chi connectivity index (χ4n) is 2.32. The highest BCUT2D eigenvalue weighted by molar-refractivity contribution is 7.89. The van der Waals surface area contributed by atoms with Crippen LogP contribution in [0.15, 0.2) is 53.5 Å². The van der Waals surface area contributed by atoms with E-state index in [-0.39, 0.29) is 12.1 Å². The molecule has 0 amide bonds. The molecular weight excluding hydrogens is 282 g/mol. The van der Waals surface area contributed by atoms with Gasteiger partial charge >= 0.3 is 0 Å². The fourth-order valence-corrected chi connectivity index (χ4v) is 4.12. The van der Waals surface area contributed by atoms with E-state index in [1.165, 1.54) is 0 Å². The molecule has 2 rings (SSSR count). The molecule has 4 heteroatoms. The Hall–Kier alpha value is -1.39. The topological polar surface area (TPSA) is 37.1 Å². The van der Waals surface area contributed by atoms with Gasteiger partial charge in [-0.1, -0.05) is 55.3 Å². The summed E-state index contributed by atoms with van der Waals surface area (Å²) < 4.78 is 26.6. The number of sulfonamides is 1. The second-order valence-electron chi connectivity index (χ2n) is 5.48. The molecule has 1 aliphatic heterocycles. The monoisotopic (exact) mass is 305 g/mol. The molecule has 0 spiro atoms. The molecule has 21 heavy (non-hydrogen) atoms. The highest BCUT2D eigenvalue weighted by atomic mass is 32.2.